The van der Waals surface area contributed by atoms with Crippen LogP contribution in [0.5, 0.6) is 0 Å². The summed E-state index contributed by atoms with van der Waals surface area (Å²) in [5, 5.41) is 20.6. The van der Waals surface area contributed by atoms with Crippen molar-refractivity contribution >= 4 is 17.7 Å². The molecule has 1 N–H and O–H groups in total. The summed E-state index contributed by atoms with van der Waals surface area (Å²) in [5.41, 5.74) is 1.42. The number of rotatable bonds is 5. The summed E-state index contributed by atoms with van der Waals surface area (Å²) in [4.78, 5) is 12.6. The molecule has 2 aromatic rings. The predicted molar refractivity (Wildman–Crippen MR) is 113 cm³/mol. The molecule has 1 amide bonds. The number of thioether (sulfide) groups is 1. The van der Waals surface area contributed by atoms with Gasteiger partial charge in [0.15, 0.2) is 0 Å². The standard InChI is InChI=1S/C22H28N4O2S/c1-15(18(27)24-22(14-23)12-6-5-7-13-22)29-20-26-25-19(28-20)16-8-10-17(11-9-16)21(2,3)4/h8-11,15H,5-7,12-13H2,1-4H3,(H,24,27)/t15-/m1/s1. The molecule has 1 aliphatic rings. The molecule has 0 bridgehead atoms. The average Bonchev–Trinajstić information content (AvgIpc) is 3.16. The first-order chi connectivity index (χ1) is 13.7. The highest BCUT2D eigenvalue weighted by Gasteiger charge is 2.35. The summed E-state index contributed by atoms with van der Waals surface area (Å²) in [7, 11) is 0. The molecular weight excluding hydrogens is 384 g/mol. The number of benzene rings is 1. The number of nitrogens with one attached hydrogen (secondary N) is 1. The lowest BCUT2D eigenvalue weighted by Gasteiger charge is -2.32. The molecule has 3 rings (SSSR count). The summed E-state index contributed by atoms with van der Waals surface area (Å²) >= 11 is 1.21. The van der Waals surface area contributed by atoms with E-state index in [2.05, 4.69) is 54.5 Å². The number of nitrogens with zero attached hydrogens (tertiary/aromatic N) is 3. The Bertz CT molecular complexity index is 887. The lowest BCUT2D eigenvalue weighted by molar-refractivity contribution is -0.122. The minimum Gasteiger partial charge on any atom is -0.411 e. The maximum absolute atomic E-state index is 12.6. The Hall–Kier alpha value is -2.33. The van der Waals surface area contributed by atoms with Gasteiger partial charge in [0.2, 0.25) is 11.8 Å². The van der Waals surface area contributed by atoms with E-state index in [-0.39, 0.29) is 11.3 Å². The van der Waals surface area contributed by atoms with Crippen molar-refractivity contribution in [1.82, 2.24) is 15.5 Å². The fourth-order valence-corrected chi connectivity index (χ4v) is 4.13. The van der Waals surface area contributed by atoms with Gasteiger partial charge >= 0.3 is 0 Å². The fourth-order valence-electron chi connectivity index (χ4n) is 3.45. The minimum absolute atomic E-state index is 0.0797. The van der Waals surface area contributed by atoms with Crippen LogP contribution >= 0.6 is 11.8 Å². The van der Waals surface area contributed by atoms with Gasteiger partial charge in [-0.1, -0.05) is 63.9 Å². The van der Waals surface area contributed by atoms with E-state index < -0.39 is 10.8 Å². The van der Waals surface area contributed by atoms with Crippen molar-refractivity contribution in [2.24, 2.45) is 0 Å². The van der Waals surface area contributed by atoms with E-state index in [9.17, 15) is 10.1 Å². The smallest absolute Gasteiger partial charge is 0.277 e. The van der Waals surface area contributed by atoms with E-state index in [1.54, 1.807) is 6.92 Å². The van der Waals surface area contributed by atoms with E-state index in [1.165, 1.54) is 17.3 Å². The first-order valence-corrected chi connectivity index (χ1v) is 10.9. The van der Waals surface area contributed by atoms with Crippen LogP contribution in [0.25, 0.3) is 11.5 Å². The molecule has 1 fully saturated rings. The zero-order chi connectivity index (χ0) is 21.1. The molecule has 1 aromatic carbocycles. The maximum atomic E-state index is 12.6. The first-order valence-electron chi connectivity index (χ1n) is 10.1. The van der Waals surface area contributed by atoms with Crippen LogP contribution in [0.15, 0.2) is 33.9 Å². The molecule has 0 saturated heterocycles. The molecule has 1 heterocycles. The molecule has 0 spiro atoms. The molecular formula is C22H28N4O2S. The van der Waals surface area contributed by atoms with Crippen molar-refractivity contribution in [2.75, 3.05) is 0 Å². The van der Waals surface area contributed by atoms with Gasteiger partial charge in [-0.15, -0.1) is 10.2 Å². The van der Waals surface area contributed by atoms with Crippen LogP contribution in [0, 0.1) is 11.3 Å². The summed E-state index contributed by atoms with van der Waals surface area (Å²) in [6.07, 6.45) is 4.47. The normalized spacial score (nSPS) is 17.3. The van der Waals surface area contributed by atoms with Crippen molar-refractivity contribution in [3.8, 4) is 17.5 Å². The molecule has 0 unspecified atom stereocenters. The molecule has 1 aliphatic carbocycles. The van der Waals surface area contributed by atoms with Gasteiger partial charge in [0.05, 0.1) is 11.3 Å². The number of carbonyl (C=O) groups excluding carboxylic acids is 1. The second kappa shape index (κ2) is 8.58. The molecule has 7 heteroatoms. The number of aromatic nitrogens is 2. The third kappa shape index (κ3) is 5.18. The molecule has 1 atom stereocenters. The van der Waals surface area contributed by atoms with Crippen LogP contribution < -0.4 is 5.32 Å². The van der Waals surface area contributed by atoms with E-state index in [1.807, 2.05) is 12.1 Å². The Morgan fingerprint density at radius 3 is 2.45 bits per heavy atom. The van der Waals surface area contributed by atoms with Gasteiger partial charge in [0, 0.05) is 5.56 Å². The Kier molecular flexibility index (Phi) is 6.33. The minimum atomic E-state index is -0.737. The zero-order valence-electron chi connectivity index (χ0n) is 17.5. The van der Waals surface area contributed by atoms with Crippen LogP contribution in [-0.2, 0) is 10.2 Å². The van der Waals surface area contributed by atoms with Crippen LogP contribution in [0.3, 0.4) is 0 Å². The molecule has 29 heavy (non-hydrogen) atoms. The maximum Gasteiger partial charge on any atom is 0.277 e. The highest BCUT2D eigenvalue weighted by atomic mass is 32.2. The van der Waals surface area contributed by atoms with E-state index in [0.29, 0.717) is 24.0 Å². The van der Waals surface area contributed by atoms with Gasteiger partial charge in [0.1, 0.15) is 5.54 Å². The number of hydrogen-bond donors (Lipinski definition) is 1. The van der Waals surface area contributed by atoms with Gasteiger partial charge in [-0.2, -0.15) is 5.26 Å². The fraction of sp³-hybridized carbons (Fsp3) is 0.545. The van der Waals surface area contributed by atoms with Crippen molar-refractivity contribution in [2.45, 2.75) is 81.2 Å². The predicted octanol–water partition coefficient (Wildman–Crippen LogP) is 4.86. The number of nitriles is 1. The van der Waals surface area contributed by atoms with Gasteiger partial charge in [-0.05, 0) is 42.9 Å². The third-order valence-corrected chi connectivity index (χ3v) is 6.27. The largest absolute Gasteiger partial charge is 0.411 e. The summed E-state index contributed by atoms with van der Waals surface area (Å²) < 4.78 is 5.75. The van der Waals surface area contributed by atoms with Crippen LogP contribution in [0.1, 0.15) is 65.4 Å². The SMILES string of the molecule is C[C@@H](Sc1nnc(-c2ccc(C(C)(C)C)cc2)o1)C(=O)NC1(C#N)CCCCC1. The highest BCUT2D eigenvalue weighted by Crippen LogP contribution is 2.31. The molecule has 0 aliphatic heterocycles. The molecule has 1 saturated carbocycles. The first kappa shape index (κ1) is 21.4. The Balaban J connectivity index is 1.63. The Morgan fingerprint density at radius 1 is 1.21 bits per heavy atom. The number of carbonyl (C=O) groups is 1. The molecule has 154 valence electrons. The topological polar surface area (TPSA) is 91.8 Å². The monoisotopic (exact) mass is 412 g/mol. The van der Waals surface area contributed by atoms with Gasteiger partial charge < -0.3 is 9.73 Å². The van der Waals surface area contributed by atoms with Crippen molar-refractivity contribution in [3.63, 3.8) is 0 Å². The molecule has 1 aromatic heterocycles. The lowest BCUT2D eigenvalue weighted by Crippen LogP contribution is -2.50. The summed E-state index contributed by atoms with van der Waals surface area (Å²) in [6, 6.07) is 10.4. The van der Waals surface area contributed by atoms with E-state index in [4.69, 9.17) is 4.42 Å². The van der Waals surface area contributed by atoms with Crippen molar-refractivity contribution < 1.29 is 9.21 Å². The summed E-state index contributed by atoms with van der Waals surface area (Å²) in [5.74, 6) is 0.258. The average molecular weight is 413 g/mol. The lowest BCUT2D eigenvalue weighted by atomic mass is 9.83. The summed E-state index contributed by atoms with van der Waals surface area (Å²) in [6.45, 7) is 8.29. The van der Waals surface area contributed by atoms with Crippen molar-refractivity contribution in [3.05, 3.63) is 29.8 Å². The third-order valence-electron chi connectivity index (χ3n) is 5.33. The van der Waals surface area contributed by atoms with E-state index >= 15 is 0 Å². The van der Waals surface area contributed by atoms with E-state index in [0.717, 1.165) is 24.8 Å². The van der Waals surface area contributed by atoms with Crippen LogP contribution in [0.4, 0.5) is 0 Å². The zero-order valence-corrected chi connectivity index (χ0v) is 18.3. The van der Waals surface area contributed by atoms with Crippen LogP contribution in [0.2, 0.25) is 0 Å². The highest BCUT2D eigenvalue weighted by molar-refractivity contribution is 8.00. The Morgan fingerprint density at radius 2 is 1.86 bits per heavy atom. The second-order valence-corrected chi connectivity index (χ2v) is 10.00. The Labute approximate surface area is 176 Å². The quantitative estimate of drug-likeness (QED) is 0.705. The molecule has 6 nitrogen and oxygen atoms in total. The number of amides is 1. The van der Waals surface area contributed by atoms with Gasteiger partial charge in [-0.3, -0.25) is 4.79 Å². The van der Waals surface area contributed by atoms with Crippen molar-refractivity contribution in [1.29, 1.82) is 5.26 Å². The molecule has 0 radical (unpaired) electrons. The second-order valence-electron chi connectivity index (χ2n) is 8.70. The van der Waals surface area contributed by atoms with Gasteiger partial charge in [0.25, 0.3) is 5.22 Å². The van der Waals surface area contributed by atoms with Crippen LogP contribution in [-0.4, -0.2) is 26.9 Å². The number of hydrogen-bond acceptors (Lipinski definition) is 6. The van der Waals surface area contributed by atoms with Gasteiger partial charge in [-0.25, -0.2) is 0 Å².